The highest BCUT2D eigenvalue weighted by Gasteiger charge is 2.34. The van der Waals surface area contributed by atoms with Gasteiger partial charge in [0.1, 0.15) is 18.4 Å². The fourth-order valence-corrected chi connectivity index (χ4v) is 4.68. The summed E-state index contributed by atoms with van der Waals surface area (Å²) in [6, 6.07) is 12.0. The Morgan fingerprint density at radius 3 is 2.23 bits per heavy atom. The van der Waals surface area contributed by atoms with Gasteiger partial charge in [-0.05, 0) is 43.0 Å². The molecule has 2 aromatic rings. The summed E-state index contributed by atoms with van der Waals surface area (Å²) in [5, 5.41) is 2.83. The van der Waals surface area contributed by atoms with E-state index >= 15 is 0 Å². The third-order valence-electron chi connectivity index (χ3n) is 5.68. The molecule has 0 aromatic heterocycles. The lowest BCUT2D eigenvalue weighted by atomic mass is 10.1. The molecule has 1 atom stereocenters. The number of rotatable bonds is 12. The van der Waals surface area contributed by atoms with Gasteiger partial charge in [0.2, 0.25) is 11.8 Å². The highest BCUT2D eigenvalue weighted by molar-refractivity contribution is 7.90. The molecule has 1 unspecified atom stereocenters. The molecule has 0 fully saturated rings. The summed E-state index contributed by atoms with van der Waals surface area (Å²) >= 11 is 0. The molecule has 2 aromatic carbocycles. The van der Waals surface area contributed by atoms with Crippen molar-refractivity contribution in [1.29, 1.82) is 0 Å². The van der Waals surface area contributed by atoms with E-state index in [1.54, 1.807) is 6.92 Å². The highest BCUT2D eigenvalue weighted by Crippen LogP contribution is 2.24. The molecule has 2 rings (SSSR count). The van der Waals surface area contributed by atoms with Crippen LogP contribution in [0.3, 0.4) is 0 Å². The van der Waals surface area contributed by atoms with E-state index in [9.17, 15) is 22.4 Å². The Bertz CT molecular complexity index is 1120. The first-order valence-electron chi connectivity index (χ1n) is 11.6. The van der Waals surface area contributed by atoms with Crippen LogP contribution in [0.4, 0.5) is 10.1 Å². The number of nitrogens with zero attached hydrogens (tertiary/aromatic N) is 3. The van der Waals surface area contributed by atoms with E-state index in [1.165, 1.54) is 37.2 Å². The van der Waals surface area contributed by atoms with Crippen LogP contribution in [0.25, 0.3) is 0 Å². The molecule has 0 saturated carbocycles. The van der Waals surface area contributed by atoms with Crippen LogP contribution in [0.5, 0.6) is 0 Å². The van der Waals surface area contributed by atoms with E-state index in [2.05, 4.69) is 5.32 Å². The minimum absolute atomic E-state index is 0.108. The topological polar surface area (TPSA) is 90.0 Å². The van der Waals surface area contributed by atoms with Gasteiger partial charge in [-0.3, -0.25) is 9.59 Å². The summed E-state index contributed by atoms with van der Waals surface area (Å²) in [4.78, 5) is 28.0. The van der Waals surface area contributed by atoms with Gasteiger partial charge < -0.3 is 10.2 Å². The van der Waals surface area contributed by atoms with Gasteiger partial charge in [0.25, 0.3) is 0 Å². The minimum Gasteiger partial charge on any atom is -0.354 e. The number of halogens is 1. The number of carbonyl (C=O) groups excluding carboxylic acids is 2. The number of anilines is 1. The quantitative estimate of drug-likeness (QED) is 0.479. The van der Waals surface area contributed by atoms with Gasteiger partial charge in [-0.2, -0.15) is 12.7 Å². The van der Waals surface area contributed by atoms with Crippen LogP contribution in [0.1, 0.15) is 37.8 Å². The second-order valence-electron chi connectivity index (χ2n) is 8.41. The van der Waals surface area contributed by atoms with Crippen molar-refractivity contribution < 1.29 is 22.4 Å². The number of nitrogens with one attached hydrogen (secondary N) is 1. The molecule has 35 heavy (non-hydrogen) atoms. The lowest BCUT2D eigenvalue weighted by Crippen LogP contribution is -2.53. The summed E-state index contributed by atoms with van der Waals surface area (Å²) < 4.78 is 42.5. The number of benzene rings is 2. The maximum Gasteiger partial charge on any atom is 0.304 e. The number of hydrogen-bond acceptors (Lipinski definition) is 4. The van der Waals surface area contributed by atoms with Crippen LogP contribution in [-0.2, 0) is 26.3 Å². The third-order valence-corrected chi connectivity index (χ3v) is 7.48. The number of para-hydroxylation sites is 1. The SMILES string of the molecule is CCCNC(=O)C(CC)N(Cc1ccccc1C)C(=O)CN(c1ccccc1F)S(=O)(=O)N(C)C. The number of amides is 2. The van der Waals surface area contributed by atoms with Crippen molar-refractivity contribution >= 4 is 27.7 Å². The van der Waals surface area contributed by atoms with E-state index in [0.29, 0.717) is 13.0 Å². The Hall–Kier alpha value is -2.98. The molecule has 192 valence electrons. The minimum atomic E-state index is -4.21. The molecule has 0 saturated heterocycles. The van der Waals surface area contributed by atoms with Crippen LogP contribution in [0.2, 0.25) is 0 Å². The normalized spacial score (nSPS) is 12.3. The van der Waals surface area contributed by atoms with Gasteiger partial charge in [0, 0.05) is 27.2 Å². The molecule has 2 amide bonds. The number of aryl methyl sites for hydroxylation is 1. The fraction of sp³-hybridized carbons (Fsp3) is 0.440. The molecule has 0 spiro atoms. The average molecular weight is 507 g/mol. The Labute approximate surface area is 207 Å². The van der Waals surface area contributed by atoms with E-state index in [-0.39, 0.29) is 18.1 Å². The first-order valence-corrected chi connectivity index (χ1v) is 13.0. The third kappa shape index (κ3) is 7.02. The van der Waals surface area contributed by atoms with Gasteiger partial charge in [-0.25, -0.2) is 8.70 Å². The Morgan fingerprint density at radius 2 is 1.66 bits per heavy atom. The molecular formula is C25H35FN4O4S. The molecule has 1 N–H and O–H groups in total. The molecule has 0 bridgehead atoms. The largest absolute Gasteiger partial charge is 0.354 e. The number of hydrogen-bond donors (Lipinski definition) is 1. The standard InChI is InChI=1S/C25H35FN4O4S/c1-6-16-27-25(32)22(7-2)29(17-20-13-9-8-12-19(20)3)24(31)18-30(35(33,34)28(4)5)23-15-11-10-14-21(23)26/h8-15,22H,6-7,16-18H2,1-5H3,(H,27,32). The van der Waals surface area contributed by atoms with E-state index in [4.69, 9.17) is 0 Å². The van der Waals surface area contributed by atoms with Crippen LogP contribution >= 0.6 is 0 Å². The van der Waals surface area contributed by atoms with E-state index in [0.717, 1.165) is 32.2 Å². The predicted molar refractivity (Wildman–Crippen MR) is 135 cm³/mol. The summed E-state index contributed by atoms with van der Waals surface area (Å²) in [6.07, 6.45) is 1.06. The second kappa shape index (κ2) is 12.6. The molecular weight excluding hydrogens is 471 g/mol. The van der Waals surface area contributed by atoms with Crippen LogP contribution in [0.15, 0.2) is 48.5 Å². The van der Waals surface area contributed by atoms with Crippen molar-refractivity contribution in [2.45, 2.75) is 46.2 Å². The highest BCUT2D eigenvalue weighted by atomic mass is 32.2. The zero-order valence-corrected chi connectivity index (χ0v) is 21.8. The lowest BCUT2D eigenvalue weighted by Gasteiger charge is -2.34. The van der Waals surface area contributed by atoms with Gasteiger partial charge >= 0.3 is 10.2 Å². The lowest BCUT2D eigenvalue weighted by molar-refractivity contribution is -0.140. The van der Waals surface area contributed by atoms with E-state index < -0.39 is 34.5 Å². The monoisotopic (exact) mass is 506 g/mol. The maximum atomic E-state index is 14.7. The first-order chi connectivity index (χ1) is 16.5. The van der Waals surface area contributed by atoms with Gasteiger partial charge in [0.05, 0.1) is 5.69 Å². The average Bonchev–Trinajstić information content (AvgIpc) is 2.82. The van der Waals surface area contributed by atoms with Crippen LogP contribution in [0, 0.1) is 12.7 Å². The Kier molecular flexibility index (Phi) is 10.2. The maximum absolute atomic E-state index is 14.7. The van der Waals surface area contributed by atoms with Crippen molar-refractivity contribution in [3.63, 3.8) is 0 Å². The smallest absolute Gasteiger partial charge is 0.304 e. The van der Waals surface area contributed by atoms with Crippen LogP contribution in [-0.4, -0.2) is 62.7 Å². The van der Waals surface area contributed by atoms with Crippen molar-refractivity contribution in [3.05, 3.63) is 65.5 Å². The molecule has 0 radical (unpaired) electrons. The summed E-state index contributed by atoms with van der Waals surface area (Å²) in [5.41, 5.74) is 1.52. The zero-order chi connectivity index (χ0) is 26.2. The Balaban J connectivity index is 2.52. The van der Waals surface area contributed by atoms with E-state index in [1.807, 2.05) is 38.1 Å². The number of carbonyl (C=O) groups is 2. The van der Waals surface area contributed by atoms with Crippen LogP contribution < -0.4 is 9.62 Å². The van der Waals surface area contributed by atoms with Crippen molar-refractivity contribution in [2.75, 3.05) is 31.5 Å². The molecule has 10 heteroatoms. The zero-order valence-electron chi connectivity index (χ0n) is 21.0. The summed E-state index contributed by atoms with van der Waals surface area (Å²) in [6.45, 7) is 5.52. The molecule has 0 heterocycles. The molecule has 0 aliphatic carbocycles. The molecule has 8 nitrogen and oxygen atoms in total. The fourth-order valence-electron chi connectivity index (χ4n) is 3.61. The van der Waals surface area contributed by atoms with Gasteiger partial charge in [-0.15, -0.1) is 0 Å². The summed E-state index contributed by atoms with van der Waals surface area (Å²) in [7, 11) is -1.59. The van der Waals surface area contributed by atoms with Gasteiger partial charge in [0.15, 0.2) is 0 Å². The second-order valence-corrected chi connectivity index (χ2v) is 10.5. The summed E-state index contributed by atoms with van der Waals surface area (Å²) in [5.74, 6) is -1.70. The van der Waals surface area contributed by atoms with Crippen molar-refractivity contribution in [1.82, 2.24) is 14.5 Å². The first kappa shape index (κ1) is 28.3. The molecule has 0 aliphatic heterocycles. The van der Waals surface area contributed by atoms with Crippen molar-refractivity contribution in [2.24, 2.45) is 0 Å². The molecule has 0 aliphatic rings. The Morgan fingerprint density at radius 1 is 1.03 bits per heavy atom. The van der Waals surface area contributed by atoms with Gasteiger partial charge in [-0.1, -0.05) is 50.2 Å². The predicted octanol–water partition coefficient (Wildman–Crippen LogP) is 3.08. The van der Waals surface area contributed by atoms with Crippen molar-refractivity contribution in [3.8, 4) is 0 Å².